The first-order chi connectivity index (χ1) is 25.7. The third kappa shape index (κ3) is 10.3. The molecular weight excluding hydrogens is 682 g/mol. The zero-order valence-corrected chi connectivity index (χ0v) is 30.5. The number of imidazole rings is 2. The van der Waals surface area contributed by atoms with Crippen molar-refractivity contribution in [3.05, 3.63) is 103 Å². The molecule has 7 rings (SSSR count). The lowest BCUT2D eigenvalue weighted by atomic mass is 10.1. The van der Waals surface area contributed by atoms with E-state index in [9.17, 15) is 18.4 Å². The summed E-state index contributed by atoms with van der Waals surface area (Å²) in [5.41, 5.74) is 2.46. The number of benzene rings is 3. The standard InChI is InChI=1S/C17H20FN3O2.C17H13FN2O3.C6H13N/c1-20(13-5-3-4-6-13)17(22)21-10-15(19-11-21)12-7-8-14(18)16(9-12)23-2;1-22-16-9-12(7-8-14(16)18)15-10-20(11-19-15)17(21)23-13-5-3-2-4-6-13;1-7-6-4-2-3-5-6/h7-11,13H,3-6H2,1-2H3;2-11H,1H3;6-7H,2-5H2,1H3. The Morgan fingerprint density at radius 3 is 1.77 bits per heavy atom. The zero-order valence-electron chi connectivity index (χ0n) is 30.5. The monoisotopic (exact) mass is 728 g/mol. The predicted molar refractivity (Wildman–Crippen MR) is 198 cm³/mol. The molecule has 2 aliphatic carbocycles. The predicted octanol–water partition coefficient (Wildman–Crippen LogP) is 8.43. The molecule has 2 saturated carbocycles. The lowest BCUT2D eigenvalue weighted by Crippen LogP contribution is -2.37. The molecule has 0 bridgehead atoms. The van der Waals surface area contributed by atoms with Crippen molar-refractivity contribution in [3.8, 4) is 39.8 Å². The molecule has 0 spiro atoms. The highest BCUT2D eigenvalue weighted by Gasteiger charge is 2.24. The van der Waals surface area contributed by atoms with Crippen LogP contribution in [0.2, 0.25) is 0 Å². The van der Waals surface area contributed by atoms with E-state index in [1.54, 1.807) is 53.6 Å². The smallest absolute Gasteiger partial charge is 0.424 e. The summed E-state index contributed by atoms with van der Waals surface area (Å²) in [6, 6.07) is 18.7. The molecular formula is C40H46F2N6O5. The lowest BCUT2D eigenvalue weighted by molar-refractivity contribution is 0.192. The van der Waals surface area contributed by atoms with E-state index in [-0.39, 0.29) is 17.5 Å². The summed E-state index contributed by atoms with van der Waals surface area (Å²) in [5.74, 6) is -0.168. The van der Waals surface area contributed by atoms with Gasteiger partial charge >= 0.3 is 12.1 Å². The highest BCUT2D eigenvalue weighted by atomic mass is 19.1. The van der Waals surface area contributed by atoms with Gasteiger partial charge in [-0.15, -0.1) is 0 Å². The Bertz CT molecular complexity index is 1940. The van der Waals surface area contributed by atoms with Gasteiger partial charge in [-0.2, -0.15) is 0 Å². The van der Waals surface area contributed by atoms with Gasteiger partial charge in [-0.25, -0.2) is 32.9 Å². The SMILES string of the molecule is CNC1CCCC1.COc1cc(-c2cn(C(=O)N(C)C3CCCC3)cn2)ccc1F.COc1cc(-c2cn(C(=O)Oc3ccccc3)cn2)ccc1F. The number of nitrogens with zero attached hydrogens (tertiary/aromatic N) is 5. The number of halogens is 2. The number of carbonyl (C=O) groups excluding carboxylic acids is 2. The first-order valence-corrected chi connectivity index (χ1v) is 17.7. The van der Waals surface area contributed by atoms with Gasteiger partial charge in [0.05, 0.1) is 25.6 Å². The maximum absolute atomic E-state index is 13.5. The number of hydrogen-bond acceptors (Lipinski definition) is 8. The van der Waals surface area contributed by atoms with E-state index in [0.717, 1.165) is 18.9 Å². The molecule has 3 aromatic carbocycles. The first-order valence-electron chi connectivity index (χ1n) is 17.7. The molecule has 0 aliphatic heterocycles. The van der Waals surface area contributed by atoms with Crippen LogP contribution in [0.5, 0.6) is 17.2 Å². The summed E-state index contributed by atoms with van der Waals surface area (Å²) in [4.78, 5) is 34.7. The molecule has 0 atom stereocenters. The number of ether oxygens (including phenoxy) is 3. The molecule has 1 amide bonds. The summed E-state index contributed by atoms with van der Waals surface area (Å²) in [6.45, 7) is 0. The molecule has 280 valence electrons. The molecule has 0 radical (unpaired) electrons. The van der Waals surface area contributed by atoms with Gasteiger partial charge in [0.2, 0.25) is 0 Å². The molecule has 2 heterocycles. The topological polar surface area (TPSA) is 113 Å². The van der Waals surface area contributed by atoms with Crippen molar-refractivity contribution in [2.24, 2.45) is 0 Å². The van der Waals surface area contributed by atoms with Gasteiger partial charge < -0.3 is 24.4 Å². The van der Waals surface area contributed by atoms with Crippen molar-refractivity contribution < 1.29 is 32.6 Å². The number of rotatable bonds is 7. The van der Waals surface area contributed by atoms with Crippen LogP contribution in [-0.2, 0) is 0 Å². The summed E-state index contributed by atoms with van der Waals surface area (Å²) >= 11 is 0. The van der Waals surface area contributed by atoms with Crippen LogP contribution in [0.15, 0.2) is 91.8 Å². The number of aromatic nitrogens is 4. The Hall–Kier alpha value is -5.56. The van der Waals surface area contributed by atoms with Crippen LogP contribution in [0.4, 0.5) is 18.4 Å². The van der Waals surface area contributed by atoms with E-state index >= 15 is 0 Å². The Labute approximate surface area is 308 Å². The van der Waals surface area contributed by atoms with E-state index in [1.807, 2.05) is 13.1 Å². The third-order valence-corrected chi connectivity index (χ3v) is 9.38. The third-order valence-electron chi connectivity index (χ3n) is 9.38. The molecule has 11 nitrogen and oxygen atoms in total. The highest BCUT2D eigenvalue weighted by Crippen LogP contribution is 2.27. The van der Waals surface area contributed by atoms with Crippen LogP contribution < -0.4 is 19.5 Å². The molecule has 0 saturated heterocycles. The highest BCUT2D eigenvalue weighted by molar-refractivity contribution is 5.78. The van der Waals surface area contributed by atoms with E-state index in [0.29, 0.717) is 34.3 Å². The molecule has 13 heteroatoms. The van der Waals surface area contributed by atoms with Gasteiger partial charge in [-0.05, 0) is 81.3 Å². The number of nitrogens with one attached hydrogen (secondary N) is 1. The van der Waals surface area contributed by atoms with E-state index < -0.39 is 17.7 Å². The molecule has 2 fully saturated rings. The minimum Gasteiger partial charge on any atom is -0.494 e. The Morgan fingerprint density at radius 2 is 1.26 bits per heavy atom. The Kier molecular flexibility index (Phi) is 13.7. The van der Waals surface area contributed by atoms with Gasteiger partial charge in [0.1, 0.15) is 18.4 Å². The van der Waals surface area contributed by atoms with Crippen molar-refractivity contribution in [3.63, 3.8) is 0 Å². The van der Waals surface area contributed by atoms with Crippen molar-refractivity contribution in [1.29, 1.82) is 0 Å². The summed E-state index contributed by atoms with van der Waals surface area (Å²) in [5, 5.41) is 3.26. The summed E-state index contributed by atoms with van der Waals surface area (Å²) in [7, 11) is 6.69. The van der Waals surface area contributed by atoms with Crippen molar-refractivity contribution >= 4 is 12.1 Å². The fraction of sp³-hybridized carbons (Fsp3) is 0.350. The average Bonchev–Trinajstić information content (AvgIpc) is 4.03. The summed E-state index contributed by atoms with van der Waals surface area (Å²) < 4.78 is 44.8. The average molecular weight is 729 g/mol. The van der Waals surface area contributed by atoms with Crippen LogP contribution >= 0.6 is 0 Å². The second-order valence-electron chi connectivity index (χ2n) is 12.8. The quantitative estimate of drug-likeness (QED) is 0.178. The van der Waals surface area contributed by atoms with E-state index in [1.165, 1.54) is 98.9 Å². The zero-order chi connectivity index (χ0) is 37.7. The lowest BCUT2D eigenvalue weighted by Gasteiger charge is -2.23. The van der Waals surface area contributed by atoms with Crippen LogP contribution in [0, 0.1) is 11.6 Å². The first kappa shape index (κ1) is 38.7. The van der Waals surface area contributed by atoms with Crippen molar-refractivity contribution in [1.82, 2.24) is 29.3 Å². The van der Waals surface area contributed by atoms with E-state index in [2.05, 4.69) is 22.3 Å². The molecule has 2 aliphatic rings. The van der Waals surface area contributed by atoms with Gasteiger partial charge in [0.25, 0.3) is 0 Å². The summed E-state index contributed by atoms with van der Waals surface area (Å²) in [6.07, 6.45) is 15.6. The van der Waals surface area contributed by atoms with Crippen LogP contribution in [-0.4, -0.2) is 76.5 Å². The number of methoxy groups -OCH3 is 2. The minimum absolute atomic E-state index is 0.0928. The van der Waals surface area contributed by atoms with Crippen LogP contribution in [0.25, 0.3) is 22.5 Å². The largest absolute Gasteiger partial charge is 0.494 e. The van der Waals surface area contributed by atoms with Gasteiger partial charge in [-0.1, -0.05) is 43.9 Å². The van der Waals surface area contributed by atoms with Crippen LogP contribution in [0.1, 0.15) is 51.4 Å². The number of carbonyl (C=O) groups is 2. The van der Waals surface area contributed by atoms with Gasteiger partial charge in [0.15, 0.2) is 23.1 Å². The molecule has 2 aromatic heterocycles. The molecule has 5 aromatic rings. The van der Waals surface area contributed by atoms with Gasteiger partial charge in [-0.3, -0.25) is 4.57 Å². The molecule has 53 heavy (non-hydrogen) atoms. The Balaban J connectivity index is 0.000000173. The number of amides is 1. The normalized spacial score (nSPS) is 14.1. The second-order valence-corrected chi connectivity index (χ2v) is 12.8. The number of para-hydroxylation sites is 1. The van der Waals surface area contributed by atoms with Gasteiger partial charge in [0, 0.05) is 42.7 Å². The fourth-order valence-corrected chi connectivity index (χ4v) is 6.27. The minimum atomic E-state index is -0.580. The fourth-order valence-electron chi connectivity index (χ4n) is 6.27. The van der Waals surface area contributed by atoms with Crippen molar-refractivity contribution in [2.75, 3.05) is 28.3 Å². The molecule has 0 unspecified atom stereocenters. The Morgan fingerprint density at radius 1 is 0.755 bits per heavy atom. The maximum atomic E-state index is 13.5. The number of hydrogen-bond donors (Lipinski definition) is 1. The van der Waals surface area contributed by atoms with Crippen LogP contribution in [0.3, 0.4) is 0 Å². The van der Waals surface area contributed by atoms with Crippen molar-refractivity contribution in [2.45, 2.75) is 63.5 Å². The molecule has 1 N–H and O–H groups in total. The second kappa shape index (κ2) is 18.8. The maximum Gasteiger partial charge on any atom is 0.424 e. The van der Waals surface area contributed by atoms with E-state index in [4.69, 9.17) is 14.2 Å².